The van der Waals surface area contributed by atoms with E-state index < -0.39 is 11.9 Å². The van der Waals surface area contributed by atoms with Crippen molar-refractivity contribution >= 4 is 35.4 Å². The first-order chi connectivity index (χ1) is 21.1. The number of carbonyl (C=O) groups excluding carboxylic acids is 2. The lowest BCUT2D eigenvalue weighted by atomic mass is 9.80. The molecular weight excluding hydrogens is 583 g/mol. The molecule has 0 unspecified atom stereocenters. The number of H-pyrrole nitrogens is 1. The minimum Gasteiger partial charge on any atom is -0.483 e. The van der Waals surface area contributed by atoms with Crippen molar-refractivity contribution in [3.8, 4) is 11.3 Å². The van der Waals surface area contributed by atoms with Gasteiger partial charge in [0, 0.05) is 54.9 Å². The Labute approximate surface area is 249 Å². The van der Waals surface area contributed by atoms with Crippen LogP contribution in [0.15, 0.2) is 43.0 Å². The maximum atomic E-state index is 13.4. The van der Waals surface area contributed by atoms with Gasteiger partial charge in [0.2, 0.25) is 5.91 Å². The van der Waals surface area contributed by atoms with Gasteiger partial charge in [-0.15, -0.1) is 0 Å². The molecule has 44 heavy (non-hydrogen) atoms. The van der Waals surface area contributed by atoms with Gasteiger partial charge in [0.15, 0.2) is 17.2 Å². The van der Waals surface area contributed by atoms with Gasteiger partial charge >= 0.3 is 6.18 Å². The number of amides is 2. The molecule has 1 aromatic carbocycles. The highest BCUT2D eigenvalue weighted by atomic mass is 19.4. The minimum absolute atomic E-state index is 0.00441. The summed E-state index contributed by atoms with van der Waals surface area (Å²) in [6.45, 7) is 2.56. The molecule has 0 bridgehead atoms. The number of carboxylic acid groups (broad SMARTS) is 1. The fraction of sp³-hybridized carbons (Fsp3) is 0.357. The lowest BCUT2D eigenvalue weighted by Gasteiger charge is -2.31. The first-order valence-electron chi connectivity index (χ1n) is 13.8. The summed E-state index contributed by atoms with van der Waals surface area (Å²) in [6.07, 6.45) is 3.49. The SMILES string of the molecule is CCc1cc(Nc2nccn3c(-c4c[nH]nc4C(F)(F)F)cnc23)ccc1C(=O)NCCCNC(=O)[C@H]1C[C@H](N)C1.O=CO. The van der Waals surface area contributed by atoms with Crippen LogP contribution in [0.2, 0.25) is 0 Å². The van der Waals surface area contributed by atoms with Crippen LogP contribution >= 0.6 is 0 Å². The largest absolute Gasteiger partial charge is 0.483 e. The van der Waals surface area contributed by atoms with Crippen LogP contribution in [0.3, 0.4) is 0 Å². The smallest absolute Gasteiger partial charge is 0.435 e. The summed E-state index contributed by atoms with van der Waals surface area (Å²) in [7, 11) is 0. The van der Waals surface area contributed by atoms with E-state index in [4.69, 9.17) is 15.6 Å². The monoisotopic (exact) mass is 615 g/mol. The Morgan fingerprint density at radius 1 is 1.20 bits per heavy atom. The number of anilines is 2. The van der Waals surface area contributed by atoms with E-state index in [2.05, 4.69) is 36.1 Å². The van der Waals surface area contributed by atoms with Crippen molar-refractivity contribution in [2.75, 3.05) is 18.4 Å². The average Bonchev–Trinajstić information content (AvgIpc) is 3.63. The Morgan fingerprint density at radius 2 is 1.93 bits per heavy atom. The summed E-state index contributed by atoms with van der Waals surface area (Å²) in [5.41, 5.74) is 7.06. The van der Waals surface area contributed by atoms with Gasteiger partial charge in [-0.3, -0.25) is 23.9 Å². The summed E-state index contributed by atoms with van der Waals surface area (Å²) in [6, 6.07) is 5.37. The quantitative estimate of drug-likeness (QED) is 0.115. The molecule has 1 aliphatic carbocycles. The second-order valence-electron chi connectivity index (χ2n) is 10.0. The fourth-order valence-electron chi connectivity index (χ4n) is 4.85. The number of aromatic nitrogens is 5. The molecule has 16 heteroatoms. The van der Waals surface area contributed by atoms with Gasteiger partial charge in [-0.25, -0.2) is 9.97 Å². The first kappa shape index (κ1) is 31.9. The predicted molar refractivity (Wildman–Crippen MR) is 154 cm³/mol. The van der Waals surface area contributed by atoms with Crippen molar-refractivity contribution in [1.29, 1.82) is 0 Å². The number of hydrogen-bond donors (Lipinski definition) is 6. The van der Waals surface area contributed by atoms with Gasteiger partial charge in [-0.2, -0.15) is 18.3 Å². The molecule has 0 spiro atoms. The molecule has 1 saturated carbocycles. The normalized spacial score (nSPS) is 15.9. The number of imidazole rings is 1. The van der Waals surface area contributed by atoms with Crippen LogP contribution < -0.4 is 21.7 Å². The lowest BCUT2D eigenvalue weighted by molar-refractivity contribution is -0.140. The summed E-state index contributed by atoms with van der Waals surface area (Å²) in [4.78, 5) is 41.8. The number of nitrogens with two attached hydrogens (primary N) is 1. The van der Waals surface area contributed by atoms with Crippen LogP contribution in [0.1, 0.15) is 47.8 Å². The molecule has 7 N–H and O–H groups in total. The van der Waals surface area contributed by atoms with Gasteiger partial charge in [-0.05, 0) is 49.4 Å². The number of benzene rings is 1. The number of halogens is 3. The molecule has 0 aliphatic heterocycles. The minimum atomic E-state index is -4.63. The molecule has 0 saturated heterocycles. The zero-order valence-electron chi connectivity index (χ0n) is 23.7. The number of fused-ring (bicyclic) bond motifs is 1. The molecule has 4 aromatic rings. The van der Waals surface area contributed by atoms with Gasteiger partial charge < -0.3 is 26.8 Å². The molecule has 2 amide bonds. The zero-order valence-corrected chi connectivity index (χ0v) is 23.7. The summed E-state index contributed by atoms with van der Waals surface area (Å²) < 4.78 is 41.7. The number of rotatable bonds is 10. The van der Waals surface area contributed by atoms with Crippen LogP contribution in [-0.4, -0.2) is 67.1 Å². The van der Waals surface area contributed by atoms with Gasteiger partial charge in [0.1, 0.15) is 0 Å². The summed E-state index contributed by atoms with van der Waals surface area (Å²) >= 11 is 0. The van der Waals surface area contributed by atoms with Crippen molar-refractivity contribution in [2.45, 2.75) is 44.8 Å². The molecule has 234 valence electrons. The van der Waals surface area contributed by atoms with Crippen LogP contribution in [0.25, 0.3) is 16.9 Å². The van der Waals surface area contributed by atoms with E-state index in [1.54, 1.807) is 12.1 Å². The lowest BCUT2D eigenvalue weighted by Crippen LogP contribution is -2.45. The highest BCUT2D eigenvalue weighted by molar-refractivity contribution is 5.96. The Hall–Kier alpha value is -4.99. The van der Waals surface area contributed by atoms with E-state index in [1.165, 1.54) is 29.2 Å². The Balaban J connectivity index is 0.00000141. The Morgan fingerprint density at radius 3 is 2.61 bits per heavy atom. The third-order valence-electron chi connectivity index (χ3n) is 7.09. The number of aryl methyl sites for hydroxylation is 1. The van der Waals surface area contributed by atoms with Crippen molar-refractivity contribution in [1.82, 2.24) is 35.2 Å². The van der Waals surface area contributed by atoms with Crippen LogP contribution in [0.4, 0.5) is 24.7 Å². The van der Waals surface area contributed by atoms with Crippen LogP contribution in [0.5, 0.6) is 0 Å². The molecule has 5 rings (SSSR count). The van der Waals surface area contributed by atoms with Crippen molar-refractivity contribution < 1.29 is 32.7 Å². The van der Waals surface area contributed by atoms with E-state index in [0.29, 0.717) is 48.6 Å². The van der Waals surface area contributed by atoms with Crippen molar-refractivity contribution in [3.63, 3.8) is 0 Å². The Kier molecular flexibility index (Phi) is 10.2. The molecule has 1 fully saturated rings. The molecule has 13 nitrogen and oxygen atoms in total. The topological polar surface area (TPSA) is 192 Å². The van der Waals surface area contributed by atoms with Crippen LogP contribution in [0, 0.1) is 5.92 Å². The second kappa shape index (κ2) is 14.0. The molecule has 0 atom stereocenters. The van der Waals surface area contributed by atoms with Crippen LogP contribution in [-0.2, 0) is 22.2 Å². The molecule has 3 heterocycles. The highest BCUT2D eigenvalue weighted by Gasteiger charge is 2.37. The number of hydrogen-bond acceptors (Lipinski definition) is 8. The summed E-state index contributed by atoms with van der Waals surface area (Å²) in [5.74, 6) is 0.123. The number of carbonyl (C=O) groups is 3. The Bertz CT molecular complexity index is 1610. The van der Waals surface area contributed by atoms with E-state index in [0.717, 1.165) is 18.4 Å². The van der Waals surface area contributed by atoms with E-state index in [1.807, 2.05) is 13.0 Å². The third-order valence-corrected chi connectivity index (χ3v) is 7.09. The number of nitrogens with one attached hydrogen (secondary N) is 4. The maximum Gasteiger partial charge on any atom is 0.435 e. The van der Waals surface area contributed by atoms with Crippen molar-refractivity contribution in [3.05, 3.63) is 59.8 Å². The standard InChI is InChI=1S/C27H30F3N9O2.CH2O2/c1-2-15-12-18(4-5-19(15)26(41)34-7-3-6-33-25(40)16-10-17(31)11-16)37-23-24-35-14-21(39(24)9-8-32-23)20-13-36-38-22(20)27(28,29)30;2-1-3/h4-5,8-9,12-14,16-17H,2-3,6-7,10-11,31H2,1H3,(H,32,37)(H,33,40)(H,34,41)(H,36,38);1H,(H,2,3)/t16-,17-;. The highest BCUT2D eigenvalue weighted by Crippen LogP contribution is 2.36. The average molecular weight is 616 g/mol. The predicted octanol–water partition coefficient (Wildman–Crippen LogP) is 3.12. The number of nitrogens with zero attached hydrogens (tertiary/aromatic N) is 4. The van der Waals surface area contributed by atoms with E-state index in [-0.39, 0.29) is 41.5 Å². The first-order valence-corrected chi connectivity index (χ1v) is 13.8. The maximum absolute atomic E-state index is 13.4. The number of aromatic amines is 1. The molecular formula is C28H32F3N9O4. The fourth-order valence-corrected chi connectivity index (χ4v) is 4.85. The van der Waals surface area contributed by atoms with Gasteiger partial charge in [0.05, 0.1) is 17.5 Å². The second-order valence-corrected chi connectivity index (χ2v) is 10.0. The van der Waals surface area contributed by atoms with Gasteiger partial charge in [-0.1, -0.05) is 6.92 Å². The molecule has 3 aromatic heterocycles. The third kappa shape index (κ3) is 7.31. The zero-order chi connectivity index (χ0) is 31.9. The summed E-state index contributed by atoms with van der Waals surface area (Å²) in [5, 5.41) is 21.5. The molecule has 1 aliphatic rings. The van der Waals surface area contributed by atoms with Gasteiger partial charge in [0.25, 0.3) is 12.4 Å². The van der Waals surface area contributed by atoms with E-state index >= 15 is 0 Å². The molecule has 0 radical (unpaired) electrons. The number of alkyl halides is 3. The van der Waals surface area contributed by atoms with E-state index in [9.17, 15) is 22.8 Å². The van der Waals surface area contributed by atoms with Crippen molar-refractivity contribution in [2.24, 2.45) is 11.7 Å².